The van der Waals surface area contributed by atoms with Crippen LogP contribution in [0.2, 0.25) is 5.02 Å². The van der Waals surface area contributed by atoms with E-state index < -0.39 is 0 Å². The molecule has 0 unspecified atom stereocenters. The smallest absolute Gasteiger partial charge is 0.141 e. The predicted molar refractivity (Wildman–Crippen MR) is 78.9 cm³/mol. The van der Waals surface area contributed by atoms with Gasteiger partial charge in [0.1, 0.15) is 5.82 Å². The SMILES string of the molecule is CCCC1CCC(N)(Cc2ccc(F)c(Cl)c2)CC1. The monoisotopic (exact) mass is 283 g/mol. The predicted octanol–water partition coefficient (Wildman–Crippen LogP) is 4.71. The van der Waals surface area contributed by atoms with Crippen LogP contribution in [0.5, 0.6) is 0 Å². The lowest BCUT2D eigenvalue weighted by atomic mass is 9.73. The molecule has 1 nitrogen and oxygen atoms in total. The maximum Gasteiger partial charge on any atom is 0.141 e. The Morgan fingerprint density at radius 3 is 2.63 bits per heavy atom. The standard InChI is InChI=1S/C16H23ClFN/c1-2-3-12-6-8-16(19,9-7-12)11-13-4-5-15(18)14(17)10-13/h4-5,10,12H,2-3,6-9,11,19H2,1H3. The zero-order valence-electron chi connectivity index (χ0n) is 11.6. The van der Waals surface area contributed by atoms with Crippen molar-refractivity contribution in [3.8, 4) is 0 Å². The van der Waals surface area contributed by atoms with E-state index in [-0.39, 0.29) is 16.4 Å². The lowest BCUT2D eigenvalue weighted by Crippen LogP contribution is -2.45. The molecule has 2 rings (SSSR count). The van der Waals surface area contributed by atoms with Gasteiger partial charge in [0.05, 0.1) is 5.02 Å². The third kappa shape index (κ3) is 3.93. The van der Waals surface area contributed by atoms with Gasteiger partial charge in [-0.15, -0.1) is 0 Å². The average molecular weight is 284 g/mol. The first-order chi connectivity index (χ1) is 9.02. The topological polar surface area (TPSA) is 26.0 Å². The highest BCUT2D eigenvalue weighted by Gasteiger charge is 2.31. The van der Waals surface area contributed by atoms with Crippen LogP contribution in [-0.2, 0) is 6.42 Å². The highest BCUT2D eigenvalue weighted by Crippen LogP contribution is 2.35. The molecular weight excluding hydrogens is 261 g/mol. The third-order valence-corrected chi connectivity index (χ3v) is 4.63. The first-order valence-corrected chi connectivity index (χ1v) is 7.63. The Morgan fingerprint density at radius 1 is 1.37 bits per heavy atom. The summed E-state index contributed by atoms with van der Waals surface area (Å²) in [4.78, 5) is 0. The molecule has 106 valence electrons. The number of nitrogens with two attached hydrogens (primary N) is 1. The molecule has 2 N–H and O–H groups in total. The third-order valence-electron chi connectivity index (χ3n) is 4.34. The Labute approximate surface area is 120 Å². The van der Waals surface area contributed by atoms with Crippen molar-refractivity contribution in [1.29, 1.82) is 0 Å². The minimum atomic E-state index is -0.358. The zero-order chi connectivity index (χ0) is 13.9. The van der Waals surface area contributed by atoms with Gasteiger partial charge in [0.25, 0.3) is 0 Å². The van der Waals surface area contributed by atoms with Gasteiger partial charge in [-0.3, -0.25) is 0 Å². The molecule has 19 heavy (non-hydrogen) atoms. The fraction of sp³-hybridized carbons (Fsp3) is 0.625. The summed E-state index contributed by atoms with van der Waals surface area (Å²) in [5, 5.41) is 0.195. The van der Waals surface area contributed by atoms with Crippen molar-refractivity contribution >= 4 is 11.6 Å². The van der Waals surface area contributed by atoms with Gasteiger partial charge in [0.2, 0.25) is 0 Å². The van der Waals surface area contributed by atoms with E-state index in [9.17, 15) is 4.39 Å². The van der Waals surface area contributed by atoms with Gasteiger partial charge in [-0.2, -0.15) is 0 Å². The van der Waals surface area contributed by atoms with E-state index in [1.54, 1.807) is 12.1 Å². The zero-order valence-corrected chi connectivity index (χ0v) is 12.3. The second-order valence-corrected chi connectivity index (χ2v) is 6.43. The van der Waals surface area contributed by atoms with E-state index in [1.165, 1.54) is 31.7 Å². The highest BCUT2D eigenvalue weighted by molar-refractivity contribution is 6.30. The summed E-state index contributed by atoms with van der Waals surface area (Å²) in [5.74, 6) is 0.488. The second kappa shape index (κ2) is 6.23. The van der Waals surface area contributed by atoms with Gasteiger partial charge in [0, 0.05) is 5.54 Å². The van der Waals surface area contributed by atoms with Gasteiger partial charge in [-0.1, -0.05) is 37.4 Å². The van der Waals surface area contributed by atoms with Crippen molar-refractivity contribution in [2.24, 2.45) is 11.7 Å². The van der Waals surface area contributed by atoms with Gasteiger partial charge in [-0.25, -0.2) is 4.39 Å². The fourth-order valence-corrected chi connectivity index (χ4v) is 3.39. The molecule has 0 radical (unpaired) electrons. The highest BCUT2D eigenvalue weighted by atomic mass is 35.5. The molecule has 1 aliphatic rings. The summed E-state index contributed by atoms with van der Waals surface area (Å²) in [5.41, 5.74) is 7.41. The average Bonchev–Trinajstić information content (AvgIpc) is 2.37. The van der Waals surface area contributed by atoms with Crippen molar-refractivity contribution in [2.45, 2.75) is 57.4 Å². The van der Waals surface area contributed by atoms with Crippen LogP contribution in [0.1, 0.15) is 51.0 Å². The number of halogens is 2. The molecule has 1 aliphatic carbocycles. The first kappa shape index (κ1) is 14.8. The second-order valence-electron chi connectivity index (χ2n) is 6.02. The van der Waals surface area contributed by atoms with Crippen LogP contribution in [0, 0.1) is 11.7 Å². The summed E-state index contributed by atoms with van der Waals surface area (Å²) in [6.07, 6.45) is 7.94. The molecule has 0 heterocycles. The summed E-state index contributed by atoms with van der Waals surface area (Å²) < 4.78 is 13.1. The molecule has 0 aliphatic heterocycles. The van der Waals surface area contributed by atoms with Crippen LogP contribution in [-0.4, -0.2) is 5.54 Å². The van der Waals surface area contributed by atoms with E-state index in [0.717, 1.165) is 30.7 Å². The quantitative estimate of drug-likeness (QED) is 0.851. The minimum Gasteiger partial charge on any atom is -0.325 e. The van der Waals surface area contributed by atoms with Gasteiger partial charge >= 0.3 is 0 Å². The van der Waals surface area contributed by atoms with Crippen molar-refractivity contribution < 1.29 is 4.39 Å². The number of benzene rings is 1. The van der Waals surface area contributed by atoms with Crippen LogP contribution >= 0.6 is 11.6 Å². The maximum absolute atomic E-state index is 13.1. The van der Waals surface area contributed by atoms with Crippen LogP contribution in [0.15, 0.2) is 18.2 Å². The molecule has 1 saturated carbocycles. The Hall–Kier alpha value is -0.600. The van der Waals surface area contributed by atoms with Crippen LogP contribution in [0.4, 0.5) is 4.39 Å². The normalized spacial score (nSPS) is 27.5. The molecule has 1 aromatic carbocycles. The summed E-state index contributed by atoms with van der Waals surface area (Å²) in [6.45, 7) is 2.24. The molecule has 3 heteroatoms. The summed E-state index contributed by atoms with van der Waals surface area (Å²) in [6, 6.07) is 4.95. The summed E-state index contributed by atoms with van der Waals surface area (Å²) >= 11 is 5.83. The molecular formula is C16H23ClFN. The fourth-order valence-electron chi connectivity index (χ4n) is 3.18. The molecule has 1 fully saturated rings. The maximum atomic E-state index is 13.1. The van der Waals surface area contributed by atoms with E-state index in [2.05, 4.69) is 6.92 Å². The molecule has 0 aromatic heterocycles. The van der Waals surface area contributed by atoms with E-state index in [4.69, 9.17) is 17.3 Å². The van der Waals surface area contributed by atoms with Gasteiger partial charge in [-0.05, 0) is 55.7 Å². The molecule has 1 aromatic rings. The van der Waals surface area contributed by atoms with Crippen molar-refractivity contribution in [1.82, 2.24) is 0 Å². The van der Waals surface area contributed by atoms with Crippen LogP contribution in [0.3, 0.4) is 0 Å². The number of hydrogen-bond donors (Lipinski definition) is 1. The van der Waals surface area contributed by atoms with Crippen molar-refractivity contribution in [3.05, 3.63) is 34.6 Å². The van der Waals surface area contributed by atoms with Gasteiger partial charge < -0.3 is 5.73 Å². The van der Waals surface area contributed by atoms with Gasteiger partial charge in [0.15, 0.2) is 0 Å². The van der Waals surface area contributed by atoms with Crippen molar-refractivity contribution in [3.63, 3.8) is 0 Å². The number of hydrogen-bond acceptors (Lipinski definition) is 1. The molecule has 0 spiro atoms. The lowest BCUT2D eigenvalue weighted by molar-refractivity contribution is 0.223. The Balaban J connectivity index is 1.96. The lowest BCUT2D eigenvalue weighted by Gasteiger charge is -2.37. The van der Waals surface area contributed by atoms with Crippen molar-refractivity contribution in [2.75, 3.05) is 0 Å². The van der Waals surface area contributed by atoms with E-state index in [0.29, 0.717) is 0 Å². The Bertz CT molecular complexity index is 425. The largest absolute Gasteiger partial charge is 0.325 e. The first-order valence-electron chi connectivity index (χ1n) is 7.25. The Kier molecular flexibility index (Phi) is 4.86. The van der Waals surface area contributed by atoms with E-state index in [1.807, 2.05) is 0 Å². The number of rotatable bonds is 4. The Morgan fingerprint density at radius 2 is 2.05 bits per heavy atom. The molecule has 0 atom stereocenters. The molecule has 0 amide bonds. The van der Waals surface area contributed by atoms with Crippen LogP contribution in [0.25, 0.3) is 0 Å². The molecule has 0 saturated heterocycles. The minimum absolute atomic E-state index is 0.134. The molecule has 0 bridgehead atoms. The van der Waals surface area contributed by atoms with Crippen LogP contribution < -0.4 is 5.73 Å². The summed E-state index contributed by atoms with van der Waals surface area (Å²) in [7, 11) is 0. The van der Waals surface area contributed by atoms with E-state index >= 15 is 0 Å².